The zero-order valence-corrected chi connectivity index (χ0v) is 15.6. The highest BCUT2D eigenvalue weighted by Crippen LogP contribution is 2.13. The lowest BCUT2D eigenvalue weighted by Gasteiger charge is -2.23. The van der Waals surface area contributed by atoms with E-state index in [0.717, 1.165) is 38.4 Å². The van der Waals surface area contributed by atoms with Crippen LogP contribution in [-0.4, -0.2) is 44.8 Å². The second-order valence-electron chi connectivity index (χ2n) is 6.37. The number of hydrogen-bond acceptors (Lipinski definition) is 4. The highest BCUT2D eigenvalue weighted by atomic mass is 35.5. The average molecular weight is 390 g/mol. The SMILES string of the molecule is O=C(COC(=O)c1ccc(C[NH+]2CCOCC2)cc1)Nc1ccc(Cl)cc1. The molecular formula is C20H22ClN2O4+. The highest BCUT2D eigenvalue weighted by Gasteiger charge is 2.15. The number of esters is 1. The molecule has 1 fully saturated rings. The molecule has 27 heavy (non-hydrogen) atoms. The first-order valence-corrected chi connectivity index (χ1v) is 9.21. The van der Waals surface area contributed by atoms with Gasteiger partial charge in [0, 0.05) is 16.3 Å². The van der Waals surface area contributed by atoms with Gasteiger partial charge in [0.1, 0.15) is 19.6 Å². The topological polar surface area (TPSA) is 69.1 Å². The van der Waals surface area contributed by atoms with Crippen LogP contribution < -0.4 is 10.2 Å². The minimum Gasteiger partial charge on any atom is -0.452 e. The zero-order chi connectivity index (χ0) is 19.1. The Labute approximate surface area is 163 Å². The molecule has 0 aliphatic carbocycles. The maximum atomic E-state index is 12.1. The standard InChI is InChI=1S/C20H21ClN2O4/c21-17-5-7-18(8-6-17)22-19(24)14-27-20(25)16-3-1-15(2-4-16)13-23-9-11-26-12-10-23/h1-8H,9-14H2,(H,22,24)/p+1. The van der Waals surface area contributed by atoms with Crippen LogP contribution in [0.15, 0.2) is 48.5 Å². The van der Waals surface area contributed by atoms with Gasteiger partial charge in [0.2, 0.25) is 0 Å². The van der Waals surface area contributed by atoms with Crippen molar-refractivity contribution in [1.82, 2.24) is 0 Å². The van der Waals surface area contributed by atoms with E-state index in [0.29, 0.717) is 16.3 Å². The molecule has 0 saturated carbocycles. The number of amides is 1. The number of hydrogen-bond donors (Lipinski definition) is 2. The molecule has 3 rings (SSSR count). The fourth-order valence-electron chi connectivity index (χ4n) is 2.83. The van der Waals surface area contributed by atoms with Gasteiger partial charge in [-0.25, -0.2) is 4.79 Å². The van der Waals surface area contributed by atoms with Crippen LogP contribution >= 0.6 is 11.6 Å². The Morgan fingerprint density at radius 1 is 1.04 bits per heavy atom. The number of ether oxygens (including phenoxy) is 2. The molecule has 1 aliphatic heterocycles. The predicted molar refractivity (Wildman–Crippen MR) is 102 cm³/mol. The van der Waals surface area contributed by atoms with E-state index in [1.54, 1.807) is 36.4 Å². The first-order chi connectivity index (χ1) is 13.1. The van der Waals surface area contributed by atoms with E-state index in [4.69, 9.17) is 21.1 Å². The summed E-state index contributed by atoms with van der Waals surface area (Å²) in [4.78, 5) is 25.4. The minimum atomic E-state index is -0.522. The van der Waals surface area contributed by atoms with Crippen molar-refractivity contribution < 1.29 is 24.0 Å². The van der Waals surface area contributed by atoms with Gasteiger partial charge in [0.05, 0.1) is 18.8 Å². The van der Waals surface area contributed by atoms with Crippen LogP contribution in [0.1, 0.15) is 15.9 Å². The maximum Gasteiger partial charge on any atom is 0.338 e. The lowest BCUT2D eigenvalue weighted by atomic mass is 10.1. The molecule has 7 heteroatoms. The van der Waals surface area contributed by atoms with Crippen molar-refractivity contribution in [1.29, 1.82) is 0 Å². The van der Waals surface area contributed by atoms with Gasteiger partial charge in [-0.05, 0) is 36.4 Å². The number of rotatable bonds is 6. The monoisotopic (exact) mass is 389 g/mol. The van der Waals surface area contributed by atoms with Crippen molar-refractivity contribution in [2.45, 2.75) is 6.54 Å². The van der Waals surface area contributed by atoms with Crippen LogP contribution in [0.2, 0.25) is 5.02 Å². The lowest BCUT2D eigenvalue weighted by molar-refractivity contribution is -0.921. The van der Waals surface area contributed by atoms with Crippen molar-refractivity contribution in [2.24, 2.45) is 0 Å². The summed E-state index contributed by atoms with van der Waals surface area (Å²) in [6, 6.07) is 14.0. The van der Waals surface area contributed by atoms with E-state index in [1.165, 1.54) is 4.90 Å². The van der Waals surface area contributed by atoms with Crippen molar-refractivity contribution in [3.8, 4) is 0 Å². The maximum absolute atomic E-state index is 12.1. The molecular weight excluding hydrogens is 368 g/mol. The van der Waals surface area contributed by atoms with Gasteiger partial charge in [-0.1, -0.05) is 23.7 Å². The Kier molecular flexibility index (Phi) is 6.81. The van der Waals surface area contributed by atoms with Crippen molar-refractivity contribution in [3.63, 3.8) is 0 Å². The number of carbonyl (C=O) groups excluding carboxylic acids is 2. The fourth-order valence-corrected chi connectivity index (χ4v) is 2.95. The molecule has 2 aromatic carbocycles. The van der Waals surface area contributed by atoms with E-state index in [9.17, 15) is 9.59 Å². The van der Waals surface area contributed by atoms with Crippen molar-refractivity contribution >= 4 is 29.2 Å². The lowest BCUT2D eigenvalue weighted by Crippen LogP contribution is -3.12. The molecule has 6 nitrogen and oxygen atoms in total. The minimum absolute atomic E-state index is 0.346. The second-order valence-corrected chi connectivity index (χ2v) is 6.80. The highest BCUT2D eigenvalue weighted by molar-refractivity contribution is 6.30. The molecule has 142 valence electrons. The summed E-state index contributed by atoms with van der Waals surface area (Å²) >= 11 is 5.80. The Hall–Kier alpha value is -2.41. The van der Waals surface area contributed by atoms with Gasteiger partial charge in [-0.2, -0.15) is 0 Å². The van der Waals surface area contributed by atoms with Crippen molar-refractivity contribution in [3.05, 3.63) is 64.7 Å². The van der Waals surface area contributed by atoms with Crippen LogP contribution in [0.5, 0.6) is 0 Å². The number of benzene rings is 2. The third-order valence-corrected chi connectivity index (χ3v) is 4.56. The number of halogens is 1. The van der Waals surface area contributed by atoms with E-state index in [2.05, 4.69) is 5.32 Å². The summed E-state index contributed by atoms with van der Waals surface area (Å²) in [5, 5.41) is 3.22. The first-order valence-electron chi connectivity index (χ1n) is 8.83. The summed E-state index contributed by atoms with van der Waals surface area (Å²) < 4.78 is 10.4. The number of morpholine rings is 1. The molecule has 0 radical (unpaired) electrons. The normalized spacial score (nSPS) is 14.6. The summed E-state index contributed by atoms with van der Waals surface area (Å²) in [6.45, 7) is 4.12. The summed E-state index contributed by atoms with van der Waals surface area (Å²) in [5.74, 6) is -0.926. The molecule has 0 atom stereocenters. The fraction of sp³-hybridized carbons (Fsp3) is 0.300. The molecule has 0 aromatic heterocycles. The smallest absolute Gasteiger partial charge is 0.338 e. The van der Waals surface area contributed by atoms with Crippen LogP contribution in [0.25, 0.3) is 0 Å². The molecule has 0 bridgehead atoms. The van der Waals surface area contributed by atoms with Crippen LogP contribution in [0.3, 0.4) is 0 Å². The number of carbonyl (C=O) groups is 2. The predicted octanol–water partition coefficient (Wildman–Crippen LogP) is 1.55. The Balaban J connectivity index is 1.45. The molecule has 0 unspecified atom stereocenters. The number of anilines is 1. The van der Waals surface area contributed by atoms with E-state index in [-0.39, 0.29) is 6.61 Å². The largest absolute Gasteiger partial charge is 0.452 e. The molecule has 1 heterocycles. The van der Waals surface area contributed by atoms with Gasteiger partial charge in [0.25, 0.3) is 5.91 Å². The van der Waals surface area contributed by atoms with Gasteiger partial charge in [0.15, 0.2) is 6.61 Å². The molecule has 2 N–H and O–H groups in total. The van der Waals surface area contributed by atoms with E-state index in [1.807, 2.05) is 12.1 Å². The van der Waals surface area contributed by atoms with Crippen LogP contribution in [0, 0.1) is 0 Å². The average Bonchev–Trinajstić information content (AvgIpc) is 2.69. The van der Waals surface area contributed by atoms with E-state index < -0.39 is 11.9 Å². The van der Waals surface area contributed by atoms with Gasteiger partial charge < -0.3 is 19.7 Å². The third kappa shape index (κ3) is 6.06. The quantitative estimate of drug-likeness (QED) is 0.735. The van der Waals surface area contributed by atoms with Gasteiger partial charge in [-0.3, -0.25) is 4.79 Å². The second kappa shape index (κ2) is 9.50. The molecule has 2 aromatic rings. The first kappa shape index (κ1) is 19.4. The number of nitrogens with one attached hydrogen (secondary N) is 2. The number of quaternary nitrogens is 1. The summed E-state index contributed by atoms with van der Waals surface area (Å²) in [7, 11) is 0. The summed E-state index contributed by atoms with van der Waals surface area (Å²) in [6.07, 6.45) is 0. The van der Waals surface area contributed by atoms with Crippen LogP contribution in [0.4, 0.5) is 5.69 Å². The summed E-state index contributed by atoms with van der Waals surface area (Å²) in [5.41, 5.74) is 2.18. The van der Waals surface area contributed by atoms with E-state index >= 15 is 0 Å². The molecule has 1 amide bonds. The Morgan fingerprint density at radius 3 is 2.37 bits per heavy atom. The van der Waals surface area contributed by atoms with Gasteiger partial charge in [-0.15, -0.1) is 0 Å². The molecule has 1 aliphatic rings. The third-order valence-electron chi connectivity index (χ3n) is 4.31. The van der Waals surface area contributed by atoms with Crippen LogP contribution in [-0.2, 0) is 20.8 Å². The Morgan fingerprint density at radius 2 is 1.70 bits per heavy atom. The van der Waals surface area contributed by atoms with Gasteiger partial charge >= 0.3 is 5.97 Å². The molecule has 0 spiro atoms. The van der Waals surface area contributed by atoms with Crippen molar-refractivity contribution in [2.75, 3.05) is 38.2 Å². The zero-order valence-electron chi connectivity index (χ0n) is 14.9. The Bertz CT molecular complexity index is 772. The molecule has 1 saturated heterocycles.